The second-order valence-corrected chi connectivity index (χ2v) is 8.37. The van der Waals surface area contributed by atoms with Gasteiger partial charge in [0.25, 0.3) is 0 Å². The first kappa shape index (κ1) is 18.1. The quantitative estimate of drug-likeness (QED) is 0.612. The Labute approximate surface area is 144 Å². The highest BCUT2D eigenvalue weighted by Crippen LogP contribution is 2.22. The first-order chi connectivity index (χ1) is 10.7. The lowest BCUT2D eigenvalue weighted by Crippen LogP contribution is -2.42. The number of carbonyl (C=O) groups is 1. The molecular weight excluding hydrogens is 338 g/mol. The van der Waals surface area contributed by atoms with Crippen LogP contribution in [0.5, 0.6) is 0 Å². The van der Waals surface area contributed by atoms with Gasteiger partial charge in [-0.3, -0.25) is 4.21 Å². The molecule has 0 radical (unpaired) electrons. The van der Waals surface area contributed by atoms with Gasteiger partial charge in [-0.2, -0.15) is 0 Å². The second kappa shape index (κ2) is 7.13. The Morgan fingerprint density at radius 3 is 2.78 bits per heavy atom. The Bertz CT molecular complexity index is 598. The summed E-state index contributed by atoms with van der Waals surface area (Å²) in [7, 11) is -1.41. The molecule has 1 aliphatic heterocycles. The van der Waals surface area contributed by atoms with Crippen molar-refractivity contribution in [2.75, 3.05) is 12.3 Å². The summed E-state index contributed by atoms with van der Waals surface area (Å²) in [5.74, 6) is 0.291. The van der Waals surface area contributed by atoms with Gasteiger partial charge in [0.2, 0.25) is 5.16 Å². The lowest BCUT2D eigenvalue weighted by Gasteiger charge is -2.28. The van der Waals surface area contributed by atoms with Gasteiger partial charge in [-0.25, -0.2) is 14.8 Å². The molecule has 1 saturated heterocycles. The number of hydrogen-bond donors (Lipinski definition) is 0. The fraction of sp³-hybridized carbons (Fsp3) is 0.667. The van der Waals surface area contributed by atoms with Crippen molar-refractivity contribution in [1.82, 2.24) is 14.9 Å². The van der Waals surface area contributed by atoms with E-state index in [-0.39, 0.29) is 22.4 Å². The summed E-state index contributed by atoms with van der Waals surface area (Å²) in [6, 6.07) is 1.48. The minimum Gasteiger partial charge on any atom is -0.444 e. The normalized spacial score (nSPS) is 19.7. The maximum atomic E-state index is 12.5. The first-order valence-corrected chi connectivity index (χ1v) is 9.24. The van der Waals surface area contributed by atoms with Gasteiger partial charge in [0.15, 0.2) is 0 Å². The van der Waals surface area contributed by atoms with Gasteiger partial charge in [0.05, 0.1) is 16.6 Å². The zero-order valence-corrected chi connectivity index (χ0v) is 15.4. The van der Waals surface area contributed by atoms with Crippen LogP contribution in [0, 0.1) is 6.92 Å². The molecule has 0 spiro atoms. The Balaban J connectivity index is 2.06. The molecule has 2 heterocycles. The first-order valence-electron chi connectivity index (χ1n) is 7.55. The molecule has 2 rings (SSSR count). The summed E-state index contributed by atoms with van der Waals surface area (Å²) in [5, 5.41) is 0.488. The van der Waals surface area contributed by atoms with Crippen molar-refractivity contribution in [3.63, 3.8) is 0 Å². The van der Waals surface area contributed by atoms with Crippen LogP contribution in [0.2, 0.25) is 5.15 Å². The van der Waals surface area contributed by atoms with Crippen LogP contribution in [0.15, 0.2) is 11.2 Å². The molecule has 1 amide bonds. The maximum absolute atomic E-state index is 12.5. The average Bonchev–Trinajstić information content (AvgIpc) is 2.83. The Morgan fingerprint density at radius 1 is 1.48 bits per heavy atom. The van der Waals surface area contributed by atoms with Crippen molar-refractivity contribution < 1.29 is 13.7 Å². The van der Waals surface area contributed by atoms with Gasteiger partial charge < -0.3 is 9.64 Å². The van der Waals surface area contributed by atoms with Crippen LogP contribution >= 0.6 is 11.6 Å². The lowest BCUT2D eigenvalue weighted by molar-refractivity contribution is 0.0241. The fourth-order valence-electron chi connectivity index (χ4n) is 2.43. The highest BCUT2D eigenvalue weighted by molar-refractivity contribution is 7.84. The molecule has 128 valence electrons. The van der Waals surface area contributed by atoms with Crippen LogP contribution in [0.4, 0.5) is 4.79 Å². The van der Waals surface area contributed by atoms with E-state index in [2.05, 4.69) is 9.97 Å². The standard InChI is InChI=1S/C15H22ClN3O3S/c1-10-8-12(16)18-13(17-10)23(21)9-11-6-5-7-19(11)14(20)22-15(2,3)4/h8,11H,5-7,9H2,1-4H3/t11-,23-/m1/s1. The van der Waals surface area contributed by atoms with Crippen LogP contribution in [0.1, 0.15) is 39.3 Å². The summed E-state index contributed by atoms with van der Waals surface area (Å²) < 4.78 is 17.9. The van der Waals surface area contributed by atoms with Crippen molar-refractivity contribution in [3.05, 3.63) is 16.9 Å². The van der Waals surface area contributed by atoms with E-state index in [9.17, 15) is 9.00 Å². The molecule has 6 nitrogen and oxygen atoms in total. The van der Waals surface area contributed by atoms with Gasteiger partial charge in [0.1, 0.15) is 10.8 Å². The van der Waals surface area contributed by atoms with Crippen molar-refractivity contribution in [3.8, 4) is 0 Å². The molecule has 0 N–H and O–H groups in total. The van der Waals surface area contributed by atoms with Gasteiger partial charge in [-0.05, 0) is 46.6 Å². The molecule has 0 saturated carbocycles. The summed E-state index contributed by atoms with van der Waals surface area (Å²) in [6.45, 7) is 7.88. The number of amides is 1. The predicted octanol–water partition coefficient (Wildman–Crippen LogP) is 2.95. The number of halogens is 1. The van der Waals surface area contributed by atoms with Crippen LogP contribution in [0.25, 0.3) is 0 Å². The highest BCUT2D eigenvalue weighted by atomic mass is 35.5. The van der Waals surface area contributed by atoms with Crippen LogP contribution < -0.4 is 0 Å². The van der Waals surface area contributed by atoms with E-state index < -0.39 is 16.4 Å². The van der Waals surface area contributed by atoms with Crippen molar-refractivity contribution >= 4 is 28.5 Å². The molecule has 23 heavy (non-hydrogen) atoms. The van der Waals surface area contributed by atoms with Gasteiger partial charge >= 0.3 is 6.09 Å². The molecule has 0 aromatic carbocycles. The van der Waals surface area contributed by atoms with E-state index >= 15 is 0 Å². The molecule has 1 aromatic heterocycles. The molecule has 1 fully saturated rings. The summed E-state index contributed by atoms with van der Waals surface area (Å²) in [6.07, 6.45) is 1.31. The number of carbonyl (C=O) groups excluding carboxylic acids is 1. The van der Waals surface area contributed by atoms with E-state index in [0.29, 0.717) is 18.0 Å². The predicted molar refractivity (Wildman–Crippen MR) is 89.0 cm³/mol. The van der Waals surface area contributed by atoms with Gasteiger partial charge in [0, 0.05) is 18.3 Å². The monoisotopic (exact) mass is 359 g/mol. The third-order valence-corrected chi connectivity index (χ3v) is 4.83. The van der Waals surface area contributed by atoms with Crippen LogP contribution in [-0.2, 0) is 15.5 Å². The van der Waals surface area contributed by atoms with E-state index in [1.165, 1.54) is 0 Å². The zero-order chi connectivity index (χ0) is 17.2. The Morgan fingerprint density at radius 2 is 2.17 bits per heavy atom. The van der Waals surface area contributed by atoms with Gasteiger partial charge in [-0.1, -0.05) is 11.6 Å². The Kier molecular flexibility index (Phi) is 5.62. The number of rotatable bonds is 3. The molecule has 1 aliphatic rings. The highest BCUT2D eigenvalue weighted by Gasteiger charge is 2.33. The Hall–Kier alpha value is -1.21. The van der Waals surface area contributed by atoms with Crippen molar-refractivity contribution in [1.29, 1.82) is 0 Å². The number of hydrogen-bond acceptors (Lipinski definition) is 5. The largest absolute Gasteiger partial charge is 0.444 e. The second-order valence-electron chi connectivity index (χ2n) is 6.60. The summed E-state index contributed by atoms with van der Waals surface area (Å²) in [4.78, 5) is 22.1. The zero-order valence-electron chi connectivity index (χ0n) is 13.8. The van der Waals surface area contributed by atoms with E-state index in [0.717, 1.165) is 12.8 Å². The SMILES string of the molecule is Cc1cc(Cl)nc([S@](=O)C[C@H]2CCCN2C(=O)OC(C)(C)C)n1. The molecule has 2 atom stereocenters. The smallest absolute Gasteiger partial charge is 0.410 e. The minimum atomic E-state index is -1.41. The van der Waals surface area contributed by atoms with E-state index in [4.69, 9.17) is 16.3 Å². The molecule has 0 bridgehead atoms. The van der Waals surface area contributed by atoms with Crippen LogP contribution in [-0.4, -0.2) is 49.1 Å². The minimum absolute atomic E-state index is 0.131. The van der Waals surface area contributed by atoms with Crippen molar-refractivity contribution in [2.45, 2.75) is 57.3 Å². The topological polar surface area (TPSA) is 72.4 Å². The third kappa shape index (κ3) is 5.14. The third-order valence-electron chi connectivity index (χ3n) is 3.35. The van der Waals surface area contributed by atoms with E-state index in [1.807, 2.05) is 20.8 Å². The van der Waals surface area contributed by atoms with Crippen LogP contribution in [0.3, 0.4) is 0 Å². The maximum Gasteiger partial charge on any atom is 0.410 e. The summed E-state index contributed by atoms with van der Waals surface area (Å²) >= 11 is 5.89. The molecule has 1 aromatic rings. The number of aryl methyl sites for hydroxylation is 1. The summed E-state index contributed by atoms with van der Waals surface area (Å²) in [5.41, 5.74) is 0.125. The molecular formula is C15H22ClN3O3S. The molecule has 0 unspecified atom stereocenters. The molecule has 8 heteroatoms. The van der Waals surface area contributed by atoms with Crippen molar-refractivity contribution in [2.24, 2.45) is 0 Å². The fourth-order valence-corrected chi connectivity index (χ4v) is 4.00. The number of nitrogens with zero attached hydrogens (tertiary/aromatic N) is 3. The number of likely N-dealkylation sites (tertiary alicyclic amines) is 1. The lowest BCUT2D eigenvalue weighted by atomic mass is 10.2. The van der Waals surface area contributed by atoms with E-state index in [1.54, 1.807) is 17.9 Å². The average molecular weight is 360 g/mol. The van der Waals surface area contributed by atoms with Gasteiger partial charge in [-0.15, -0.1) is 0 Å². The number of ether oxygens (including phenoxy) is 1. The number of aromatic nitrogens is 2. The molecule has 0 aliphatic carbocycles.